The summed E-state index contributed by atoms with van der Waals surface area (Å²) in [5.41, 5.74) is 0.485. The quantitative estimate of drug-likeness (QED) is 0.653. The lowest BCUT2D eigenvalue weighted by molar-refractivity contribution is 0.0601. The Kier molecular flexibility index (Phi) is 3.69. The van der Waals surface area contributed by atoms with E-state index < -0.39 is 20.0 Å². The van der Waals surface area contributed by atoms with Crippen LogP contribution in [0.4, 0.5) is 10.1 Å². The van der Waals surface area contributed by atoms with Crippen molar-refractivity contribution in [3.05, 3.63) is 29.6 Å². The van der Waals surface area contributed by atoms with Crippen LogP contribution in [0.25, 0.3) is 0 Å². The highest BCUT2D eigenvalue weighted by atomic mass is 28.3. The van der Waals surface area contributed by atoms with Crippen LogP contribution in [0.1, 0.15) is 10.4 Å². The Morgan fingerprint density at radius 3 is 2.50 bits per heavy atom. The summed E-state index contributed by atoms with van der Waals surface area (Å²) >= 11 is 0. The largest absolute Gasteiger partial charge is 0.465 e. The Balaban J connectivity index is 3.19. The van der Waals surface area contributed by atoms with Gasteiger partial charge in [0.1, 0.15) is 14.1 Å². The summed E-state index contributed by atoms with van der Waals surface area (Å²) in [5, 5.41) is 0. The number of para-hydroxylation sites is 1. The number of hydrogen-bond acceptors (Lipinski definition) is 3. The molecule has 0 fully saturated rings. The molecule has 0 aliphatic heterocycles. The minimum atomic E-state index is -1.72. The smallest absolute Gasteiger partial charge is 0.340 e. The average molecular weight is 241 g/mol. The van der Waals surface area contributed by atoms with E-state index in [1.54, 1.807) is 6.07 Å². The van der Waals surface area contributed by atoms with Crippen LogP contribution in [0.3, 0.4) is 0 Å². The molecule has 1 N–H and O–H groups in total. The van der Waals surface area contributed by atoms with Crippen LogP contribution in [0.5, 0.6) is 0 Å². The second-order valence-electron chi connectivity index (χ2n) is 4.53. The maximum atomic E-state index is 13.6. The number of carbonyl (C=O) groups excluding carboxylic acids is 1. The zero-order valence-electron chi connectivity index (χ0n) is 9.93. The lowest BCUT2D eigenvalue weighted by Gasteiger charge is -2.21. The van der Waals surface area contributed by atoms with Crippen LogP contribution >= 0.6 is 0 Å². The highest BCUT2D eigenvalue weighted by molar-refractivity contribution is 6.79. The fourth-order valence-corrected chi connectivity index (χ4v) is 2.31. The molecule has 0 aliphatic carbocycles. The van der Waals surface area contributed by atoms with Gasteiger partial charge in [-0.2, -0.15) is 0 Å². The van der Waals surface area contributed by atoms with Crippen molar-refractivity contribution in [2.24, 2.45) is 0 Å². The molecule has 3 nitrogen and oxygen atoms in total. The molecule has 88 valence electrons. The maximum absolute atomic E-state index is 13.6. The molecule has 0 heterocycles. The van der Waals surface area contributed by atoms with Crippen LogP contribution in [-0.2, 0) is 4.74 Å². The summed E-state index contributed by atoms with van der Waals surface area (Å²) in [6, 6.07) is 4.38. The van der Waals surface area contributed by atoms with Gasteiger partial charge >= 0.3 is 5.97 Å². The van der Waals surface area contributed by atoms with Crippen LogP contribution in [0.2, 0.25) is 19.6 Å². The molecule has 0 atom stereocenters. The molecule has 0 saturated carbocycles. The monoisotopic (exact) mass is 241 g/mol. The molecule has 1 aromatic rings. The van der Waals surface area contributed by atoms with E-state index in [0.29, 0.717) is 0 Å². The second-order valence-corrected chi connectivity index (χ2v) is 9.28. The van der Waals surface area contributed by atoms with Crippen molar-refractivity contribution in [3.8, 4) is 0 Å². The van der Waals surface area contributed by atoms with Crippen LogP contribution in [-0.4, -0.2) is 21.3 Å². The summed E-state index contributed by atoms with van der Waals surface area (Å²) in [6.07, 6.45) is 0. The van der Waals surface area contributed by atoms with E-state index >= 15 is 0 Å². The van der Waals surface area contributed by atoms with E-state index in [-0.39, 0.29) is 11.3 Å². The van der Waals surface area contributed by atoms with Crippen molar-refractivity contribution in [1.82, 2.24) is 0 Å². The van der Waals surface area contributed by atoms with Gasteiger partial charge in [-0.3, -0.25) is 0 Å². The minimum absolute atomic E-state index is 0.241. The van der Waals surface area contributed by atoms with Gasteiger partial charge in [0.2, 0.25) is 0 Å². The Morgan fingerprint density at radius 1 is 1.38 bits per heavy atom. The van der Waals surface area contributed by atoms with E-state index in [2.05, 4.69) is 9.72 Å². The number of esters is 1. The number of hydrogen-bond donors (Lipinski definition) is 1. The normalized spacial score (nSPS) is 11.1. The van der Waals surface area contributed by atoms with E-state index in [0.717, 1.165) is 0 Å². The summed E-state index contributed by atoms with van der Waals surface area (Å²) in [7, 11) is -0.434. The molecule has 5 heteroatoms. The second kappa shape index (κ2) is 4.65. The van der Waals surface area contributed by atoms with Gasteiger partial charge < -0.3 is 9.72 Å². The van der Waals surface area contributed by atoms with Crippen molar-refractivity contribution in [3.63, 3.8) is 0 Å². The van der Waals surface area contributed by atoms with Crippen LogP contribution in [0, 0.1) is 5.82 Å². The maximum Gasteiger partial charge on any atom is 0.340 e. The predicted molar refractivity (Wildman–Crippen MR) is 64.7 cm³/mol. The third-order valence-electron chi connectivity index (χ3n) is 1.92. The number of benzene rings is 1. The number of carbonyl (C=O) groups is 1. The summed E-state index contributed by atoms with van der Waals surface area (Å²) in [6.45, 7) is 6.08. The van der Waals surface area contributed by atoms with E-state index in [1.807, 2.05) is 19.6 Å². The SMILES string of the molecule is COC(=O)c1cccc(F)c1N[Si](C)(C)C. The molecule has 0 spiro atoms. The van der Waals surface area contributed by atoms with Crippen molar-refractivity contribution in [2.45, 2.75) is 19.6 Å². The van der Waals surface area contributed by atoms with E-state index in [4.69, 9.17) is 0 Å². The molecular weight excluding hydrogens is 225 g/mol. The van der Waals surface area contributed by atoms with Crippen molar-refractivity contribution < 1.29 is 13.9 Å². The number of ether oxygens (including phenoxy) is 1. The van der Waals surface area contributed by atoms with Gasteiger partial charge in [-0.25, -0.2) is 9.18 Å². The molecular formula is C11H16FNO2Si. The first-order valence-electron chi connectivity index (χ1n) is 5.00. The molecule has 1 rings (SSSR count). The molecule has 0 amide bonds. The summed E-state index contributed by atoms with van der Waals surface area (Å²) in [5.74, 6) is -0.953. The minimum Gasteiger partial charge on any atom is -0.465 e. The van der Waals surface area contributed by atoms with Gasteiger partial charge in [0.25, 0.3) is 0 Å². The highest BCUT2D eigenvalue weighted by Crippen LogP contribution is 2.23. The van der Waals surface area contributed by atoms with Gasteiger partial charge in [0, 0.05) is 0 Å². The van der Waals surface area contributed by atoms with Gasteiger partial charge in [-0.1, -0.05) is 25.7 Å². The van der Waals surface area contributed by atoms with Crippen LogP contribution < -0.4 is 4.98 Å². The molecule has 0 aromatic heterocycles. The Morgan fingerprint density at radius 2 is 2.00 bits per heavy atom. The Labute approximate surface area is 95.7 Å². The third kappa shape index (κ3) is 3.06. The predicted octanol–water partition coefficient (Wildman–Crippen LogP) is 2.86. The third-order valence-corrected chi connectivity index (χ3v) is 2.92. The summed E-state index contributed by atoms with van der Waals surface area (Å²) < 4.78 is 18.2. The number of methoxy groups -OCH3 is 1. The molecule has 16 heavy (non-hydrogen) atoms. The fourth-order valence-electron chi connectivity index (χ4n) is 1.31. The fraction of sp³-hybridized carbons (Fsp3) is 0.364. The van der Waals surface area contributed by atoms with Crippen molar-refractivity contribution >= 4 is 19.9 Å². The molecule has 0 radical (unpaired) electrons. The van der Waals surface area contributed by atoms with Crippen LogP contribution in [0.15, 0.2) is 18.2 Å². The molecule has 0 unspecified atom stereocenters. The number of nitrogens with one attached hydrogen (secondary N) is 1. The number of halogens is 1. The number of anilines is 1. The standard InChI is InChI=1S/C11H16FNO2Si/c1-15-11(14)8-6-5-7-9(12)10(8)13-16(2,3)4/h5-7,13H,1-4H3. The Hall–Kier alpha value is -1.36. The molecule has 0 bridgehead atoms. The first kappa shape index (κ1) is 12.7. The topological polar surface area (TPSA) is 38.3 Å². The zero-order chi connectivity index (χ0) is 12.3. The lowest BCUT2D eigenvalue weighted by atomic mass is 10.2. The van der Waals surface area contributed by atoms with Crippen molar-refractivity contribution in [2.75, 3.05) is 12.1 Å². The first-order chi connectivity index (χ1) is 7.35. The summed E-state index contributed by atoms with van der Waals surface area (Å²) in [4.78, 5) is 14.6. The average Bonchev–Trinajstić information content (AvgIpc) is 2.18. The highest BCUT2D eigenvalue weighted by Gasteiger charge is 2.21. The van der Waals surface area contributed by atoms with Gasteiger partial charge in [-0.05, 0) is 12.1 Å². The molecule has 0 saturated heterocycles. The van der Waals surface area contributed by atoms with Gasteiger partial charge in [0.15, 0.2) is 0 Å². The van der Waals surface area contributed by atoms with Crippen molar-refractivity contribution in [1.29, 1.82) is 0 Å². The zero-order valence-corrected chi connectivity index (χ0v) is 10.9. The number of rotatable bonds is 3. The first-order valence-corrected chi connectivity index (χ1v) is 8.50. The lowest BCUT2D eigenvalue weighted by Crippen LogP contribution is -2.33. The Bertz CT molecular complexity index is 401. The molecule has 0 aliphatic rings. The van der Waals surface area contributed by atoms with Gasteiger partial charge in [-0.15, -0.1) is 0 Å². The van der Waals surface area contributed by atoms with E-state index in [1.165, 1.54) is 19.2 Å². The van der Waals surface area contributed by atoms with Gasteiger partial charge in [0.05, 0.1) is 18.4 Å². The molecule has 1 aromatic carbocycles. The van der Waals surface area contributed by atoms with E-state index in [9.17, 15) is 9.18 Å².